The van der Waals surface area contributed by atoms with Crippen molar-refractivity contribution in [2.45, 2.75) is 0 Å². The van der Waals surface area contributed by atoms with Gasteiger partial charge in [0.1, 0.15) is 11.8 Å². The monoisotopic (exact) mass is 192 g/mol. The van der Waals surface area contributed by atoms with Crippen LogP contribution in [-0.2, 0) is 4.74 Å². The maximum absolute atomic E-state index is 11.0. The molecule has 0 saturated heterocycles. The van der Waals surface area contributed by atoms with E-state index >= 15 is 0 Å². The molecule has 5 heteroatoms. The highest BCUT2D eigenvalue weighted by atomic mass is 16.5. The fourth-order valence-corrected chi connectivity index (χ4v) is 0.909. The Kier molecular flexibility index (Phi) is 3.02. The van der Waals surface area contributed by atoms with E-state index in [2.05, 4.69) is 9.72 Å². The van der Waals surface area contributed by atoms with Crippen LogP contribution in [0.1, 0.15) is 16.1 Å². The number of ether oxygens (including phenoxy) is 2. The summed E-state index contributed by atoms with van der Waals surface area (Å²) in [6.45, 7) is 0. The molecule has 0 aromatic carbocycles. The Morgan fingerprint density at radius 2 is 2.29 bits per heavy atom. The molecule has 1 heterocycles. The SMILES string of the molecule is COC(=O)c1cc(C#N)c(OC)cn1. The van der Waals surface area contributed by atoms with Crippen molar-refractivity contribution in [1.29, 1.82) is 5.26 Å². The predicted octanol–water partition coefficient (Wildman–Crippen LogP) is 0.748. The zero-order chi connectivity index (χ0) is 10.6. The molecule has 14 heavy (non-hydrogen) atoms. The molecule has 0 unspecified atom stereocenters. The van der Waals surface area contributed by atoms with Gasteiger partial charge in [-0.1, -0.05) is 0 Å². The zero-order valence-electron chi connectivity index (χ0n) is 7.77. The van der Waals surface area contributed by atoms with Gasteiger partial charge < -0.3 is 9.47 Å². The number of aromatic nitrogens is 1. The van der Waals surface area contributed by atoms with Gasteiger partial charge in [0.2, 0.25) is 0 Å². The number of hydrogen-bond donors (Lipinski definition) is 0. The molecule has 0 aliphatic heterocycles. The lowest BCUT2D eigenvalue weighted by atomic mass is 10.2. The summed E-state index contributed by atoms with van der Waals surface area (Å²) in [7, 11) is 2.68. The van der Waals surface area contributed by atoms with E-state index in [-0.39, 0.29) is 11.3 Å². The van der Waals surface area contributed by atoms with Gasteiger partial charge in [-0.3, -0.25) is 0 Å². The smallest absolute Gasteiger partial charge is 0.356 e. The molecule has 5 nitrogen and oxygen atoms in total. The first kappa shape index (κ1) is 9.99. The van der Waals surface area contributed by atoms with Crippen molar-refractivity contribution in [1.82, 2.24) is 4.98 Å². The number of nitriles is 1. The lowest BCUT2D eigenvalue weighted by Crippen LogP contribution is -2.05. The number of carbonyl (C=O) groups excluding carboxylic acids is 1. The van der Waals surface area contributed by atoms with Gasteiger partial charge in [-0.05, 0) is 6.07 Å². The van der Waals surface area contributed by atoms with Crippen LogP contribution in [0.5, 0.6) is 5.75 Å². The number of pyridine rings is 1. The minimum Gasteiger partial charge on any atom is -0.494 e. The number of esters is 1. The van der Waals surface area contributed by atoms with E-state index in [1.165, 1.54) is 26.5 Å². The van der Waals surface area contributed by atoms with Crippen LogP contribution in [0.25, 0.3) is 0 Å². The van der Waals surface area contributed by atoms with E-state index in [0.29, 0.717) is 5.75 Å². The second-order valence-electron chi connectivity index (χ2n) is 2.37. The van der Waals surface area contributed by atoms with Gasteiger partial charge in [-0.15, -0.1) is 0 Å². The first-order valence-electron chi connectivity index (χ1n) is 3.75. The van der Waals surface area contributed by atoms with Gasteiger partial charge in [0.25, 0.3) is 0 Å². The molecule has 0 saturated carbocycles. The summed E-state index contributed by atoms with van der Waals surface area (Å²) in [5, 5.41) is 8.72. The summed E-state index contributed by atoms with van der Waals surface area (Å²) >= 11 is 0. The molecule has 1 aromatic heterocycles. The van der Waals surface area contributed by atoms with Crippen LogP contribution in [0.15, 0.2) is 12.3 Å². The highest BCUT2D eigenvalue weighted by molar-refractivity contribution is 5.87. The van der Waals surface area contributed by atoms with Gasteiger partial charge in [0.05, 0.1) is 26.0 Å². The number of methoxy groups -OCH3 is 2. The molecule has 0 atom stereocenters. The first-order valence-corrected chi connectivity index (χ1v) is 3.75. The van der Waals surface area contributed by atoms with E-state index < -0.39 is 5.97 Å². The summed E-state index contributed by atoms with van der Waals surface area (Å²) in [6, 6.07) is 3.22. The molecule has 0 fully saturated rings. The van der Waals surface area contributed by atoms with Crippen LogP contribution in [0.4, 0.5) is 0 Å². The Morgan fingerprint density at radius 1 is 1.57 bits per heavy atom. The maximum Gasteiger partial charge on any atom is 0.356 e. The fraction of sp³-hybridized carbons (Fsp3) is 0.222. The van der Waals surface area contributed by atoms with Crippen molar-refractivity contribution >= 4 is 5.97 Å². The van der Waals surface area contributed by atoms with Gasteiger partial charge in [0.15, 0.2) is 5.75 Å². The molecule has 0 radical (unpaired) electrons. The van der Waals surface area contributed by atoms with Gasteiger partial charge in [-0.2, -0.15) is 5.26 Å². The Morgan fingerprint density at radius 3 is 2.79 bits per heavy atom. The molecule has 0 amide bonds. The van der Waals surface area contributed by atoms with Crippen LogP contribution in [0.2, 0.25) is 0 Å². The summed E-state index contributed by atoms with van der Waals surface area (Å²) in [5.41, 5.74) is 0.341. The van der Waals surface area contributed by atoms with Gasteiger partial charge >= 0.3 is 5.97 Å². The third-order valence-corrected chi connectivity index (χ3v) is 1.60. The third-order valence-electron chi connectivity index (χ3n) is 1.60. The van der Waals surface area contributed by atoms with Gasteiger partial charge in [-0.25, -0.2) is 9.78 Å². The van der Waals surface area contributed by atoms with E-state index in [0.717, 1.165) is 0 Å². The second kappa shape index (κ2) is 4.23. The summed E-state index contributed by atoms with van der Waals surface area (Å²) in [4.78, 5) is 14.8. The lowest BCUT2D eigenvalue weighted by Gasteiger charge is -2.03. The normalized spacial score (nSPS) is 8.93. The van der Waals surface area contributed by atoms with Crippen LogP contribution in [0, 0.1) is 11.3 Å². The van der Waals surface area contributed by atoms with Crippen LogP contribution >= 0.6 is 0 Å². The average Bonchev–Trinajstić information content (AvgIpc) is 2.26. The molecule has 1 aromatic rings. The van der Waals surface area contributed by atoms with Crippen molar-refractivity contribution in [2.75, 3.05) is 14.2 Å². The summed E-state index contributed by atoms with van der Waals surface area (Å²) < 4.78 is 9.33. The standard InChI is InChI=1S/C9H8N2O3/c1-13-8-5-11-7(9(12)14-2)3-6(8)4-10/h3,5H,1-2H3. The Balaban J connectivity index is 3.15. The Labute approximate surface area is 80.9 Å². The minimum atomic E-state index is -0.579. The largest absolute Gasteiger partial charge is 0.494 e. The highest BCUT2D eigenvalue weighted by Crippen LogP contribution is 2.16. The van der Waals surface area contributed by atoms with Crippen LogP contribution < -0.4 is 4.74 Å². The van der Waals surface area contributed by atoms with E-state index in [1.807, 2.05) is 6.07 Å². The Bertz CT molecular complexity index is 396. The van der Waals surface area contributed by atoms with E-state index in [9.17, 15) is 4.79 Å². The zero-order valence-corrected chi connectivity index (χ0v) is 7.77. The predicted molar refractivity (Wildman–Crippen MR) is 46.8 cm³/mol. The fourth-order valence-electron chi connectivity index (χ4n) is 0.909. The third kappa shape index (κ3) is 1.80. The molecule has 0 aliphatic carbocycles. The molecule has 0 bridgehead atoms. The number of hydrogen-bond acceptors (Lipinski definition) is 5. The molecule has 0 spiro atoms. The maximum atomic E-state index is 11.0. The number of nitrogens with zero attached hydrogens (tertiary/aromatic N) is 2. The quantitative estimate of drug-likeness (QED) is 0.646. The summed E-state index contributed by atoms with van der Waals surface area (Å²) in [6.07, 6.45) is 1.31. The summed E-state index contributed by atoms with van der Waals surface area (Å²) in [5.74, 6) is -0.246. The highest BCUT2D eigenvalue weighted by Gasteiger charge is 2.11. The number of rotatable bonds is 2. The molecular weight excluding hydrogens is 184 g/mol. The molecule has 0 N–H and O–H groups in total. The van der Waals surface area contributed by atoms with Gasteiger partial charge in [0, 0.05) is 0 Å². The van der Waals surface area contributed by atoms with Crippen molar-refractivity contribution in [3.8, 4) is 11.8 Å². The molecule has 72 valence electrons. The van der Waals surface area contributed by atoms with Crippen molar-refractivity contribution in [2.24, 2.45) is 0 Å². The Hall–Kier alpha value is -2.09. The second-order valence-corrected chi connectivity index (χ2v) is 2.37. The van der Waals surface area contributed by atoms with Crippen LogP contribution in [-0.4, -0.2) is 25.2 Å². The minimum absolute atomic E-state index is 0.0878. The van der Waals surface area contributed by atoms with E-state index in [1.54, 1.807) is 0 Å². The lowest BCUT2D eigenvalue weighted by molar-refractivity contribution is 0.0594. The van der Waals surface area contributed by atoms with E-state index in [4.69, 9.17) is 10.00 Å². The first-order chi connectivity index (χ1) is 6.72. The van der Waals surface area contributed by atoms with Crippen molar-refractivity contribution in [3.63, 3.8) is 0 Å². The van der Waals surface area contributed by atoms with Crippen molar-refractivity contribution < 1.29 is 14.3 Å². The van der Waals surface area contributed by atoms with Crippen LogP contribution in [0.3, 0.4) is 0 Å². The number of carbonyl (C=O) groups is 1. The van der Waals surface area contributed by atoms with Crippen molar-refractivity contribution in [3.05, 3.63) is 23.5 Å². The topological polar surface area (TPSA) is 72.2 Å². The average molecular weight is 192 g/mol. The molecular formula is C9H8N2O3. The molecule has 1 rings (SSSR count). The molecule has 0 aliphatic rings.